The molecule has 2 aromatic rings. The van der Waals surface area contributed by atoms with Crippen molar-refractivity contribution in [1.82, 2.24) is 0 Å². The number of aldehydes is 1. The first-order chi connectivity index (χ1) is 9.70. The van der Waals surface area contributed by atoms with E-state index in [-0.39, 0.29) is 19.0 Å². The number of hydrogen-bond acceptors (Lipinski definition) is 3. The van der Waals surface area contributed by atoms with Gasteiger partial charge in [0.05, 0.1) is 6.61 Å². The predicted molar refractivity (Wildman–Crippen MR) is 68.5 cm³/mol. The molecule has 20 heavy (non-hydrogen) atoms. The highest BCUT2D eigenvalue weighted by Crippen LogP contribution is 2.22. The average molecular weight is 278 g/mol. The van der Waals surface area contributed by atoms with Gasteiger partial charge in [0.2, 0.25) is 0 Å². The number of benzene rings is 2. The second kappa shape index (κ2) is 6.77. The fourth-order valence-electron chi connectivity index (χ4n) is 1.62. The maximum Gasteiger partial charge on any atom is 0.193 e. The molecule has 0 radical (unpaired) electrons. The summed E-state index contributed by atoms with van der Waals surface area (Å²) < 4.78 is 37.0. The van der Waals surface area contributed by atoms with Crippen molar-refractivity contribution in [3.63, 3.8) is 0 Å². The van der Waals surface area contributed by atoms with E-state index in [0.29, 0.717) is 6.29 Å². The Morgan fingerprint density at radius 1 is 1.05 bits per heavy atom. The van der Waals surface area contributed by atoms with Gasteiger partial charge >= 0.3 is 0 Å². The predicted octanol–water partition coefficient (Wildman–Crippen LogP) is 3.33. The summed E-state index contributed by atoms with van der Waals surface area (Å²) in [6, 6.07) is 11.1. The molecule has 0 spiro atoms. The Bertz CT molecular complexity index is 562. The van der Waals surface area contributed by atoms with Gasteiger partial charge in [0.1, 0.15) is 6.29 Å². The van der Waals surface area contributed by atoms with E-state index >= 15 is 0 Å². The van der Waals surface area contributed by atoms with Crippen molar-refractivity contribution in [3.8, 4) is 5.75 Å². The molecule has 0 bridgehead atoms. The van der Waals surface area contributed by atoms with Gasteiger partial charge in [-0.25, -0.2) is 8.78 Å². The normalized spacial score (nSPS) is 10.3. The van der Waals surface area contributed by atoms with Crippen LogP contribution in [0.25, 0.3) is 0 Å². The Hall–Kier alpha value is -2.27. The summed E-state index contributed by atoms with van der Waals surface area (Å²) in [6.07, 6.45) is 0.363. The van der Waals surface area contributed by atoms with Crippen molar-refractivity contribution < 1.29 is 23.0 Å². The van der Waals surface area contributed by atoms with Crippen LogP contribution in [0.1, 0.15) is 15.9 Å². The minimum atomic E-state index is -0.935. The van der Waals surface area contributed by atoms with Crippen LogP contribution < -0.4 is 4.74 Å². The number of hydrogen-bond donors (Lipinski definition) is 0. The van der Waals surface area contributed by atoms with Crippen molar-refractivity contribution in [2.24, 2.45) is 0 Å². The summed E-state index contributed by atoms with van der Waals surface area (Å²) >= 11 is 0. The molecule has 0 aliphatic rings. The van der Waals surface area contributed by atoms with Crippen LogP contribution >= 0.6 is 0 Å². The van der Waals surface area contributed by atoms with Crippen LogP contribution in [-0.4, -0.2) is 13.1 Å². The Balaban J connectivity index is 1.90. The fourth-order valence-corrected chi connectivity index (χ4v) is 1.62. The molecule has 2 aromatic carbocycles. The molecule has 0 aliphatic carbocycles. The van der Waals surface area contributed by atoms with Gasteiger partial charge in [-0.15, -0.1) is 0 Å². The molecule has 5 heteroatoms. The third-order valence-electron chi connectivity index (χ3n) is 2.55. The van der Waals surface area contributed by atoms with Crippen LogP contribution in [0.2, 0.25) is 0 Å². The fraction of sp³-hybridized carbons (Fsp3) is 0.133. The highest BCUT2D eigenvalue weighted by atomic mass is 19.1. The minimum Gasteiger partial charge on any atom is -0.461 e. The largest absolute Gasteiger partial charge is 0.461 e. The van der Waals surface area contributed by atoms with Gasteiger partial charge in [0, 0.05) is 5.56 Å². The summed E-state index contributed by atoms with van der Waals surface area (Å²) in [5.41, 5.74) is 0.839. The molecule has 0 saturated heterocycles. The van der Waals surface area contributed by atoms with Gasteiger partial charge in [-0.1, -0.05) is 30.3 Å². The van der Waals surface area contributed by atoms with Crippen LogP contribution in [0.5, 0.6) is 5.75 Å². The Labute approximate surface area is 114 Å². The van der Waals surface area contributed by atoms with E-state index in [9.17, 15) is 13.6 Å². The number of carbonyl (C=O) groups excluding carboxylic acids is 1. The quantitative estimate of drug-likeness (QED) is 0.462. The number of rotatable bonds is 6. The monoisotopic (exact) mass is 278 g/mol. The van der Waals surface area contributed by atoms with Gasteiger partial charge in [0.25, 0.3) is 0 Å². The summed E-state index contributed by atoms with van der Waals surface area (Å²) in [5, 5.41) is 0. The molecule has 0 amide bonds. The molecule has 104 valence electrons. The molecule has 0 heterocycles. The lowest BCUT2D eigenvalue weighted by Crippen LogP contribution is -2.06. The molecule has 0 aliphatic heterocycles. The highest BCUT2D eigenvalue weighted by molar-refractivity contribution is 5.75. The van der Waals surface area contributed by atoms with Gasteiger partial charge in [-0.3, -0.25) is 4.79 Å². The van der Waals surface area contributed by atoms with E-state index in [1.165, 1.54) is 0 Å². The van der Waals surface area contributed by atoms with Gasteiger partial charge in [0.15, 0.2) is 24.2 Å². The van der Waals surface area contributed by atoms with Crippen LogP contribution in [0.3, 0.4) is 0 Å². The Morgan fingerprint density at radius 2 is 1.70 bits per heavy atom. The number of halogens is 2. The lowest BCUT2D eigenvalue weighted by Gasteiger charge is -2.09. The van der Waals surface area contributed by atoms with Crippen molar-refractivity contribution in [3.05, 3.63) is 65.2 Å². The number of ether oxygens (including phenoxy) is 2. The zero-order valence-electron chi connectivity index (χ0n) is 10.5. The Morgan fingerprint density at radius 3 is 2.30 bits per heavy atom. The van der Waals surface area contributed by atoms with Gasteiger partial charge in [-0.2, -0.15) is 0 Å². The van der Waals surface area contributed by atoms with E-state index in [1.807, 2.05) is 30.3 Å². The second-order valence-corrected chi connectivity index (χ2v) is 4.03. The first-order valence-electron chi connectivity index (χ1n) is 5.89. The molecule has 0 atom stereocenters. The lowest BCUT2D eigenvalue weighted by molar-refractivity contribution is 0.000857. The van der Waals surface area contributed by atoms with E-state index in [2.05, 4.69) is 0 Å². The summed E-state index contributed by atoms with van der Waals surface area (Å²) in [4.78, 5) is 10.4. The molecule has 0 N–H and O–H groups in total. The molecule has 2 rings (SSSR count). The molecule has 0 fully saturated rings. The van der Waals surface area contributed by atoms with Gasteiger partial charge in [-0.05, 0) is 17.7 Å². The van der Waals surface area contributed by atoms with Crippen LogP contribution in [-0.2, 0) is 11.3 Å². The zero-order valence-corrected chi connectivity index (χ0v) is 10.5. The molecule has 3 nitrogen and oxygen atoms in total. The van der Waals surface area contributed by atoms with Gasteiger partial charge < -0.3 is 9.47 Å². The third kappa shape index (κ3) is 3.61. The van der Waals surface area contributed by atoms with E-state index in [0.717, 1.165) is 17.7 Å². The SMILES string of the molecule is O=Cc1cc(F)c(OCOCc2ccccc2)c(F)c1. The minimum absolute atomic E-state index is 0.0856. The van der Waals surface area contributed by atoms with Crippen LogP contribution in [0, 0.1) is 11.6 Å². The van der Waals surface area contributed by atoms with Crippen LogP contribution in [0.4, 0.5) is 8.78 Å². The topological polar surface area (TPSA) is 35.5 Å². The molecular weight excluding hydrogens is 266 g/mol. The second-order valence-electron chi connectivity index (χ2n) is 4.03. The molecular formula is C15H12F2O3. The van der Waals surface area contributed by atoms with E-state index in [1.54, 1.807) is 0 Å². The smallest absolute Gasteiger partial charge is 0.193 e. The summed E-state index contributed by atoms with van der Waals surface area (Å²) in [7, 11) is 0. The van der Waals surface area contributed by atoms with Crippen molar-refractivity contribution >= 4 is 6.29 Å². The van der Waals surface area contributed by atoms with E-state index < -0.39 is 17.4 Å². The zero-order chi connectivity index (χ0) is 14.4. The Kier molecular flexibility index (Phi) is 4.79. The van der Waals surface area contributed by atoms with Crippen LogP contribution in [0.15, 0.2) is 42.5 Å². The van der Waals surface area contributed by atoms with E-state index in [4.69, 9.17) is 9.47 Å². The molecule has 0 saturated carbocycles. The van der Waals surface area contributed by atoms with Crippen molar-refractivity contribution in [2.75, 3.05) is 6.79 Å². The standard InChI is InChI=1S/C15H12F2O3/c16-13-6-12(8-18)7-14(17)15(13)20-10-19-9-11-4-2-1-3-5-11/h1-8H,9-10H2. The third-order valence-corrected chi connectivity index (χ3v) is 2.55. The molecule has 0 aromatic heterocycles. The average Bonchev–Trinajstić information content (AvgIpc) is 2.46. The summed E-state index contributed by atoms with van der Waals surface area (Å²) in [6.45, 7) is -0.0142. The number of carbonyl (C=O) groups is 1. The molecule has 0 unspecified atom stereocenters. The first kappa shape index (κ1) is 14.1. The first-order valence-corrected chi connectivity index (χ1v) is 5.89. The maximum absolute atomic E-state index is 13.5. The lowest BCUT2D eigenvalue weighted by atomic mass is 10.2. The van der Waals surface area contributed by atoms with Crippen molar-refractivity contribution in [2.45, 2.75) is 6.61 Å². The highest BCUT2D eigenvalue weighted by Gasteiger charge is 2.12. The van der Waals surface area contributed by atoms with Crippen molar-refractivity contribution in [1.29, 1.82) is 0 Å². The summed E-state index contributed by atoms with van der Waals surface area (Å²) in [5.74, 6) is -2.42. The maximum atomic E-state index is 13.5.